The number of carbonyl (C=O) groups is 1. The van der Waals surface area contributed by atoms with E-state index in [1.807, 2.05) is 30.7 Å². The predicted octanol–water partition coefficient (Wildman–Crippen LogP) is 1.98. The Morgan fingerprint density at radius 1 is 1.60 bits per heavy atom. The Morgan fingerprint density at radius 3 is 2.80 bits per heavy atom. The minimum absolute atomic E-state index is 0.0553. The van der Waals surface area contributed by atoms with Crippen molar-refractivity contribution in [2.75, 3.05) is 13.2 Å². The summed E-state index contributed by atoms with van der Waals surface area (Å²) in [5.74, 6) is 0.0553. The summed E-state index contributed by atoms with van der Waals surface area (Å²) in [4.78, 5) is 13.8. The fourth-order valence-electron chi connectivity index (χ4n) is 1.39. The third kappa shape index (κ3) is 3.32. The smallest absolute Gasteiger partial charge is 0.254 e. The highest BCUT2D eigenvalue weighted by Crippen LogP contribution is 2.12. The molecule has 1 aromatic rings. The summed E-state index contributed by atoms with van der Waals surface area (Å²) in [6, 6.07) is 2.00. The van der Waals surface area contributed by atoms with Crippen LogP contribution in [0.1, 0.15) is 30.6 Å². The van der Waals surface area contributed by atoms with Crippen LogP contribution in [0.15, 0.2) is 16.8 Å². The van der Waals surface area contributed by atoms with Crippen LogP contribution in [0.2, 0.25) is 0 Å². The van der Waals surface area contributed by atoms with E-state index >= 15 is 0 Å². The van der Waals surface area contributed by atoms with E-state index in [0.717, 1.165) is 5.56 Å². The summed E-state index contributed by atoms with van der Waals surface area (Å²) in [6.45, 7) is 4.71. The fraction of sp³-hybridized carbons (Fsp3) is 0.545. The third-order valence-electron chi connectivity index (χ3n) is 2.21. The van der Waals surface area contributed by atoms with E-state index in [-0.39, 0.29) is 18.6 Å². The van der Waals surface area contributed by atoms with Crippen LogP contribution in [-0.4, -0.2) is 35.1 Å². The number of nitrogens with zero attached hydrogens (tertiary/aromatic N) is 1. The minimum atomic E-state index is 0.0553. The van der Waals surface area contributed by atoms with Crippen molar-refractivity contribution in [3.63, 3.8) is 0 Å². The van der Waals surface area contributed by atoms with E-state index in [1.165, 1.54) is 11.3 Å². The molecule has 1 rings (SSSR count). The van der Waals surface area contributed by atoms with Crippen molar-refractivity contribution in [3.8, 4) is 0 Å². The van der Waals surface area contributed by atoms with Gasteiger partial charge >= 0.3 is 0 Å². The Labute approximate surface area is 94.3 Å². The Kier molecular flexibility index (Phi) is 4.78. The number of aliphatic hydroxyl groups excluding tert-OH is 1. The van der Waals surface area contributed by atoms with Crippen LogP contribution < -0.4 is 0 Å². The zero-order valence-electron chi connectivity index (χ0n) is 9.14. The molecule has 84 valence electrons. The number of hydrogen-bond donors (Lipinski definition) is 1. The molecule has 3 nitrogen and oxygen atoms in total. The average Bonchev–Trinajstić information content (AvgIpc) is 2.70. The van der Waals surface area contributed by atoms with Gasteiger partial charge in [0.05, 0.1) is 5.56 Å². The molecule has 0 aliphatic rings. The Bertz CT molecular complexity index is 296. The van der Waals surface area contributed by atoms with Crippen LogP contribution in [0, 0.1) is 0 Å². The highest BCUT2D eigenvalue weighted by Gasteiger charge is 2.18. The molecule has 0 radical (unpaired) electrons. The van der Waals surface area contributed by atoms with Crippen molar-refractivity contribution in [1.82, 2.24) is 4.90 Å². The molecule has 0 bridgehead atoms. The van der Waals surface area contributed by atoms with Crippen LogP contribution in [-0.2, 0) is 0 Å². The second kappa shape index (κ2) is 5.88. The Morgan fingerprint density at radius 2 is 2.33 bits per heavy atom. The first-order valence-electron chi connectivity index (χ1n) is 5.11. The normalized spacial score (nSPS) is 10.7. The van der Waals surface area contributed by atoms with Gasteiger partial charge < -0.3 is 10.0 Å². The summed E-state index contributed by atoms with van der Waals surface area (Å²) in [7, 11) is 0. The first-order valence-corrected chi connectivity index (χ1v) is 6.05. The van der Waals surface area contributed by atoms with E-state index in [2.05, 4.69) is 0 Å². The number of amides is 1. The molecule has 0 aliphatic heterocycles. The molecular formula is C11H17NO2S. The number of rotatable bonds is 5. The molecule has 0 saturated heterocycles. The lowest BCUT2D eigenvalue weighted by atomic mass is 10.2. The Balaban J connectivity index is 2.67. The van der Waals surface area contributed by atoms with Crippen LogP contribution in [0.25, 0.3) is 0 Å². The van der Waals surface area contributed by atoms with Gasteiger partial charge in [0.15, 0.2) is 0 Å². The van der Waals surface area contributed by atoms with E-state index in [1.54, 1.807) is 4.90 Å². The van der Waals surface area contributed by atoms with Gasteiger partial charge in [-0.1, -0.05) is 0 Å². The molecule has 0 fully saturated rings. The second-order valence-electron chi connectivity index (χ2n) is 3.68. The number of thiophene rings is 1. The van der Waals surface area contributed by atoms with Crippen molar-refractivity contribution in [2.45, 2.75) is 26.3 Å². The van der Waals surface area contributed by atoms with Gasteiger partial charge in [0.2, 0.25) is 0 Å². The van der Waals surface area contributed by atoms with Crippen LogP contribution >= 0.6 is 11.3 Å². The van der Waals surface area contributed by atoms with Crippen LogP contribution in [0.5, 0.6) is 0 Å². The maximum atomic E-state index is 12.0. The summed E-state index contributed by atoms with van der Waals surface area (Å²) < 4.78 is 0. The minimum Gasteiger partial charge on any atom is -0.396 e. The zero-order chi connectivity index (χ0) is 11.3. The summed E-state index contributed by atoms with van der Waals surface area (Å²) in [5.41, 5.74) is 0.742. The van der Waals surface area contributed by atoms with E-state index in [4.69, 9.17) is 5.11 Å². The topological polar surface area (TPSA) is 40.5 Å². The highest BCUT2D eigenvalue weighted by atomic mass is 32.1. The molecule has 1 amide bonds. The molecular weight excluding hydrogens is 210 g/mol. The molecule has 1 aromatic heterocycles. The molecule has 0 aromatic carbocycles. The van der Waals surface area contributed by atoms with Crippen LogP contribution in [0.3, 0.4) is 0 Å². The van der Waals surface area contributed by atoms with Crippen molar-refractivity contribution in [2.24, 2.45) is 0 Å². The van der Waals surface area contributed by atoms with Gasteiger partial charge in [-0.05, 0) is 31.7 Å². The quantitative estimate of drug-likeness (QED) is 0.835. The van der Waals surface area contributed by atoms with E-state index in [0.29, 0.717) is 13.0 Å². The lowest BCUT2D eigenvalue weighted by Crippen LogP contribution is -2.37. The molecule has 15 heavy (non-hydrogen) atoms. The summed E-state index contributed by atoms with van der Waals surface area (Å²) >= 11 is 1.52. The highest BCUT2D eigenvalue weighted by molar-refractivity contribution is 7.08. The van der Waals surface area contributed by atoms with Gasteiger partial charge in [-0.2, -0.15) is 11.3 Å². The van der Waals surface area contributed by atoms with Gasteiger partial charge in [-0.25, -0.2) is 0 Å². The van der Waals surface area contributed by atoms with Gasteiger partial charge in [0.25, 0.3) is 5.91 Å². The fourth-order valence-corrected chi connectivity index (χ4v) is 2.02. The molecule has 4 heteroatoms. The largest absolute Gasteiger partial charge is 0.396 e. The maximum Gasteiger partial charge on any atom is 0.254 e. The third-order valence-corrected chi connectivity index (χ3v) is 2.89. The lowest BCUT2D eigenvalue weighted by molar-refractivity contribution is 0.0693. The van der Waals surface area contributed by atoms with Crippen molar-refractivity contribution >= 4 is 17.2 Å². The standard InChI is InChI=1S/C11H17NO2S/c1-9(2)12(5-3-6-13)11(14)10-4-7-15-8-10/h4,7-9,13H,3,5-6H2,1-2H3. The molecule has 0 unspecified atom stereocenters. The number of aliphatic hydroxyl groups is 1. The molecule has 0 atom stereocenters. The number of hydrogen-bond acceptors (Lipinski definition) is 3. The Hall–Kier alpha value is -0.870. The van der Waals surface area contributed by atoms with Gasteiger partial charge in [-0.3, -0.25) is 4.79 Å². The summed E-state index contributed by atoms with van der Waals surface area (Å²) in [6.07, 6.45) is 0.633. The monoisotopic (exact) mass is 227 g/mol. The predicted molar refractivity (Wildman–Crippen MR) is 62.2 cm³/mol. The van der Waals surface area contributed by atoms with E-state index in [9.17, 15) is 4.79 Å². The molecule has 0 saturated carbocycles. The van der Waals surface area contributed by atoms with Crippen molar-refractivity contribution in [3.05, 3.63) is 22.4 Å². The number of carbonyl (C=O) groups excluding carboxylic acids is 1. The van der Waals surface area contributed by atoms with Crippen molar-refractivity contribution in [1.29, 1.82) is 0 Å². The van der Waals surface area contributed by atoms with Crippen molar-refractivity contribution < 1.29 is 9.90 Å². The van der Waals surface area contributed by atoms with Gasteiger partial charge in [0, 0.05) is 24.6 Å². The van der Waals surface area contributed by atoms with Gasteiger partial charge in [-0.15, -0.1) is 0 Å². The first kappa shape index (κ1) is 12.2. The maximum absolute atomic E-state index is 12.0. The molecule has 0 aliphatic carbocycles. The molecule has 1 N–H and O–H groups in total. The van der Waals surface area contributed by atoms with E-state index < -0.39 is 0 Å². The average molecular weight is 227 g/mol. The first-order chi connectivity index (χ1) is 7.16. The SMILES string of the molecule is CC(C)N(CCCO)C(=O)c1ccsc1. The summed E-state index contributed by atoms with van der Waals surface area (Å²) in [5, 5.41) is 12.5. The second-order valence-corrected chi connectivity index (χ2v) is 4.46. The lowest BCUT2D eigenvalue weighted by Gasteiger charge is -2.26. The zero-order valence-corrected chi connectivity index (χ0v) is 9.96. The van der Waals surface area contributed by atoms with Gasteiger partial charge in [0.1, 0.15) is 0 Å². The molecule has 0 spiro atoms. The van der Waals surface area contributed by atoms with Crippen LogP contribution in [0.4, 0.5) is 0 Å². The molecule has 1 heterocycles.